The van der Waals surface area contributed by atoms with Gasteiger partial charge in [0.25, 0.3) is 0 Å². The summed E-state index contributed by atoms with van der Waals surface area (Å²) in [5.74, 6) is -3.88. The monoisotopic (exact) mass is 732 g/mol. The number of thiophene rings is 1. The summed E-state index contributed by atoms with van der Waals surface area (Å²) < 4.78 is 2.64. The predicted octanol–water partition coefficient (Wildman–Crippen LogP) is 7.76. The third-order valence-corrected chi connectivity index (χ3v) is 13.8. The van der Waals surface area contributed by atoms with E-state index in [2.05, 4.69) is 0 Å². The summed E-state index contributed by atoms with van der Waals surface area (Å²) in [6.07, 6.45) is 3.28. The molecule has 3 aromatic carbocycles. The fourth-order valence-electron chi connectivity index (χ4n) is 9.85. The van der Waals surface area contributed by atoms with Gasteiger partial charge in [0.2, 0.25) is 23.6 Å². The third kappa shape index (κ3) is 4.37. The van der Waals surface area contributed by atoms with Gasteiger partial charge in [0.1, 0.15) is 17.3 Å². The molecule has 2 aliphatic carbocycles. The van der Waals surface area contributed by atoms with E-state index in [1.165, 1.54) is 9.80 Å². The van der Waals surface area contributed by atoms with Gasteiger partial charge in [-0.15, -0.1) is 11.3 Å². The van der Waals surface area contributed by atoms with E-state index < -0.39 is 35.0 Å². The minimum absolute atomic E-state index is 0.0237. The van der Waals surface area contributed by atoms with Crippen molar-refractivity contribution in [2.75, 3.05) is 11.4 Å². The molecule has 3 fully saturated rings. The van der Waals surface area contributed by atoms with Crippen LogP contribution in [0.25, 0.3) is 31.4 Å². The van der Waals surface area contributed by atoms with Crippen LogP contribution in [0, 0.1) is 36.0 Å². The highest BCUT2D eigenvalue weighted by Gasteiger charge is 2.68. The van der Waals surface area contributed by atoms with Crippen molar-refractivity contribution < 1.29 is 24.3 Å². The fraction of sp³-hybridized carbons (Fsp3) is 0.341. The summed E-state index contributed by atoms with van der Waals surface area (Å²) in [5.41, 5.74) is 1.75. The van der Waals surface area contributed by atoms with Crippen molar-refractivity contribution in [3.63, 3.8) is 0 Å². The molecule has 52 heavy (non-hydrogen) atoms. The first-order valence-electron chi connectivity index (χ1n) is 17.8. The molecule has 0 radical (unpaired) electrons. The number of hydrogen-bond donors (Lipinski definition) is 1. The zero-order valence-electron chi connectivity index (χ0n) is 29.2. The average molecular weight is 733 g/mol. The van der Waals surface area contributed by atoms with Crippen LogP contribution in [-0.4, -0.2) is 50.0 Å². The first-order chi connectivity index (χ1) is 24.9. The first kappa shape index (κ1) is 33.1. The van der Waals surface area contributed by atoms with Crippen molar-refractivity contribution in [2.45, 2.75) is 46.0 Å². The van der Waals surface area contributed by atoms with E-state index >= 15 is 4.79 Å². The number of likely N-dealkylation sites (tertiary alicyclic amines) is 1. The Bertz CT molecular complexity index is 2450. The van der Waals surface area contributed by atoms with Gasteiger partial charge in [-0.2, -0.15) is 5.10 Å². The van der Waals surface area contributed by atoms with E-state index in [0.717, 1.165) is 36.9 Å². The molecular formula is C41H37ClN4O5S. The molecule has 4 aliphatic rings. The second kappa shape index (κ2) is 11.6. The van der Waals surface area contributed by atoms with Crippen molar-refractivity contribution in [1.29, 1.82) is 0 Å². The Kier molecular flexibility index (Phi) is 7.38. The molecule has 2 aromatic heterocycles. The molecule has 0 bridgehead atoms. The van der Waals surface area contributed by atoms with E-state index in [0.29, 0.717) is 41.5 Å². The Labute approximate surface area is 309 Å². The van der Waals surface area contributed by atoms with Crippen LogP contribution >= 0.6 is 22.9 Å². The number of aromatic nitrogens is 2. The molecule has 9 rings (SSSR count). The highest BCUT2D eigenvalue weighted by atomic mass is 35.5. The predicted molar refractivity (Wildman–Crippen MR) is 201 cm³/mol. The molecular weight excluding hydrogens is 696 g/mol. The smallest absolute Gasteiger partial charge is 0.242 e. The molecule has 6 atom stereocenters. The van der Waals surface area contributed by atoms with Crippen LogP contribution in [0.1, 0.15) is 50.2 Å². The number of anilines is 1. The molecule has 5 aromatic rings. The number of amides is 4. The van der Waals surface area contributed by atoms with E-state index in [1.807, 2.05) is 75.4 Å². The lowest BCUT2D eigenvalue weighted by molar-refractivity contribution is -0.140. The van der Waals surface area contributed by atoms with Gasteiger partial charge >= 0.3 is 0 Å². The zero-order chi connectivity index (χ0) is 36.4. The molecule has 4 amide bonds. The number of rotatable bonds is 5. The number of carbonyl (C=O) groups is 4. The topological polar surface area (TPSA) is 113 Å². The van der Waals surface area contributed by atoms with Crippen LogP contribution in [0.3, 0.4) is 0 Å². The van der Waals surface area contributed by atoms with Gasteiger partial charge in [-0.3, -0.25) is 28.8 Å². The van der Waals surface area contributed by atoms with Crippen LogP contribution < -0.4 is 4.90 Å². The Balaban J connectivity index is 1.21. The lowest BCUT2D eigenvalue weighted by Crippen LogP contribution is -2.49. The number of phenolic OH excluding ortho intramolecular Hbond substituents is 1. The van der Waals surface area contributed by atoms with Gasteiger partial charge in [0.15, 0.2) is 0 Å². The Morgan fingerprint density at radius 2 is 1.77 bits per heavy atom. The Hall–Kier alpha value is -4.80. The lowest BCUT2D eigenvalue weighted by Gasteiger charge is -2.49. The van der Waals surface area contributed by atoms with Crippen LogP contribution in [0.4, 0.5) is 5.82 Å². The summed E-state index contributed by atoms with van der Waals surface area (Å²) in [7, 11) is 1.73. The quantitative estimate of drug-likeness (QED) is 0.146. The molecule has 1 saturated carbocycles. The maximum atomic E-state index is 15.2. The van der Waals surface area contributed by atoms with E-state index in [1.54, 1.807) is 35.2 Å². The zero-order valence-corrected chi connectivity index (χ0v) is 30.8. The summed E-state index contributed by atoms with van der Waals surface area (Å²) in [5, 5.41) is 19.8. The normalized spacial score (nSPS) is 27.1. The van der Waals surface area contributed by atoms with Crippen molar-refractivity contribution in [2.24, 2.45) is 36.1 Å². The number of aryl methyl sites for hydroxylation is 2. The van der Waals surface area contributed by atoms with E-state index in [9.17, 15) is 19.5 Å². The highest BCUT2D eigenvalue weighted by Crippen LogP contribution is 2.65. The lowest BCUT2D eigenvalue weighted by atomic mass is 9.51. The van der Waals surface area contributed by atoms with Gasteiger partial charge in [0.05, 0.1) is 28.0 Å². The summed E-state index contributed by atoms with van der Waals surface area (Å²) >= 11 is 7.90. The molecule has 9 nitrogen and oxygen atoms in total. The van der Waals surface area contributed by atoms with Crippen LogP contribution in [-0.2, 0) is 26.2 Å². The minimum atomic E-state index is -1.31. The second-order valence-corrected chi connectivity index (χ2v) is 16.4. The number of nitrogens with zero attached hydrogens (tertiary/aromatic N) is 4. The van der Waals surface area contributed by atoms with E-state index in [-0.39, 0.29) is 35.8 Å². The molecule has 264 valence electrons. The van der Waals surface area contributed by atoms with Gasteiger partial charge in [-0.25, -0.2) is 4.90 Å². The summed E-state index contributed by atoms with van der Waals surface area (Å²) in [4.78, 5) is 61.4. The molecule has 4 heterocycles. The van der Waals surface area contributed by atoms with Crippen molar-refractivity contribution in [3.8, 4) is 16.3 Å². The number of aromatic hydroxyl groups is 1. The number of halogens is 1. The van der Waals surface area contributed by atoms with Gasteiger partial charge < -0.3 is 5.11 Å². The number of fused-ring (bicyclic) bond motifs is 6. The molecule has 0 spiro atoms. The fourth-order valence-corrected chi connectivity index (χ4v) is 11.2. The number of carbonyl (C=O) groups excluding carboxylic acids is 4. The van der Waals surface area contributed by atoms with Crippen molar-refractivity contribution >= 4 is 73.2 Å². The third-order valence-electron chi connectivity index (χ3n) is 12.3. The van der Waals surface area contributed by atoms with Gasteiger partial charge in [-0.1, -0.05) is 60.5 Å². The number of allylic oxidation sites excluding steroid dienone is 2. The van der Waals surface area contributed by atoms with E-state index in [4.69, 9.17) is 16.7 Å². The minimum Gasteiger partial charge on any atom is -0.508 e. The number of imide groups is 2. The standard InChI is InChI=1S/C41H37ClN4O5S/c1-5-16-45-37(48)25-13-12-24-27(33(25)39(45)50)18-28-38(49)46(32-19-29(43-44(32)4)36-20(2)26-17-22(42)11-15-31(26)52-36)40(51)41(28,3)35(24)34-23-9-7-6-8-21(23)10-14-30(34)47/h6-12,14-15,17,19,25,27-28,33,35,47H,5,13,16,18H2,1-4H3/t25-,27+,28-,33-,35+,41+/m0/s1. The Morgan fingerprint density at radius 3 is 2.56 bits per heavy atom. The Morgan fingerprint density at radius 1 is 0.981 bits per heavy atom. The maximum Gasteiger partial charge on any atom is 0.242 e. The number of hydrogen-bond acceptors (Lipinski definition) is 7. The van der Waals surface area contributed by atoms with Crippen LogP contribution in [0.15, 0.2) is 72.3 Å². The maximum absolute atomic E-state index is 15.2. The molecule has 2 aliphatic heterocycles. The van der Waals surface area contributed by atoms with Gasteiger partial charge in [0, 0.05) is 40.9 Å². The number of benzene rings is 3. The van der Waals surface area contributed by atoms with Crippen LogP contribution in [0.2, 0.25) is 5.02 Å². The molecule has 2 saturated heterocycles. The molecule has 0 unspecified atom stereocenters. The molecule has 11 heteroatoms. The van der Waals surface area contributed by atoms with Gasteiger partial charge in [-0.05, 0) is 85.0 Å². The molecule has 1 N–H and O–H groups in total. The second-order valence-electron chi connectivity index (χ2n) is 14.9. The SMILES string of the molecule is CCCN1C(=O)[C@H]2[C@H](CC=C3[C@H]2C[C@H]2C(=O)N(c4cc(-c5sc6ccc(Cl)cc6c5C)nn4C)C(=O)[C@@]2(C)[C@H]3c2c(O)ccc3ccccc23)C1=O. The first-order valence-corrected chi connectivity index (χ1v) is 19.0. The highest BCUT2D eigenvalue weighted by molar-refractivity contribution is 7.22. The summed E-state index contributed by atoms with van der Waals surface area (Å²) in [6.45, 7) is 6.15. The largest absolute Gasteiger partial charge is 0.508 e. The summed E-state index contributed by atoms with van der Waals surface area (Å²) in [6, 6.07) is 18.8. The number of phenols is 1. The average Bonchev–Trinajstić information content (AvgIpc) is 3.79. The van der Waals surface area contributed by atoms with Crippen molar-refractivity contribution in [1.82, 2.24) is 14.7 Å². The van der Waals surface area contributed by atoms with Crippen LogP contribution in [0.5, 0.6) is 5.75 Å². The van der Waals surface area contributed by atoms with Crippen molar-refractivity contribution in [3.05, 3.63) is 88.5 Å².